The molecule has 0 spiro atoms. The van der Waals surface area contributed by atoms with Gasteiger partial charge in [0, 0.05) is 17.8 Å². The van der Waals surface area contributed by atoms with Gasteiger partial charge in [-0.3, -0.25) is 9.36 Å². The highest BCUT2D eigenvalue weighted by Gasteiger charge is 2.24. The predicted molar refractivity (Wildman–Crippen MR) is 106 cm³/mol. The lowest BCUT2D eigenvalue weighted by Gasteiger charge is -2.20. The number of rotatable bonds is 5. The van der Waals surface area contributed by atoms with Crippen LogP contribution in [0.4, 0.5) is 4.39 Å². The van der Waals surface area contributed by atoms with Crippen LogP contribution in [0.1, 0.15) is 67.7 Å². The number of hydrogen-bond donors (Lipinski definition) is 0. The van der Waals surface area contributed by atoms with E-state index >= 15 is 0 Å². The molecule has 8 heteroatoms. The number of nitriles is 1. The Morgan fingerprint density at radius 2 is 1.86 bits per heavy atom. The van der Waals surface area contributed by atoms with Crippen molar-refractivity contribution in [3.63, 3.8) is 0 Å². The van der Waals surface area contributed by atoms with Crippen molar-refractivity contribution < 1.29 is 13.9 Å². The molecule has 0 atom stereocenters. The molecule has 0 unspecified atom stereocenters. The summed E-state index contributed by atoms with van der Waals surface area (Å²) in [6, 6.07) is 3.60. The first-order valence-corrected chi connectivity index (χ1v) is 9.36. The van der Waals surface area contributed by atoms with E-state index in [1.54, 1.807) is 33.8 Å². The van der Waals surface area contributed by atoms with Crippen LogP contribution in [-0.2, 0) is 11.3 Å². The number of halogens is 1. The number of esters is 1. The number of carbonyl (C=O) groups excluding carboxylic acids is 1. The summed E-state index contributed by atoms with van der Waals surface area (Å²) < 4.78 is 22.0. The lowest BCUT2D eigenvalue weighted by atomic mass is 10.0. The van der Waals surface area contributed by atoms with E-state index in [9.17, 15) is 24.0 Å². The third-order valence-electron chi connectivity index (χ3n) is 4.50. The van der Waals surface area contributed by atoms with Gasteiger partial charge in [-0.1, -0.05) is 13.8 Å². The first kappa shape index (κ1) is 22.1. The van der Waals surface area contributed by atoms with Gasteiger partial charge in [-0.2, -0.15) is 5.26 Å². The number of ether oxygens (including phenoxy) is 1. The van der Waals surface area contributed by atoms with Crippen molar-refractivity contribution in [3.8, 4) is 11.8 Å². The minimum absolute atomic E-state index is 0.0904. The monoisotopic (exact) mass is 401 g/mol. The van der Waals surface area contributed by atoms with E-state index in [4.69, 9.17) is 4.74 Å². The second-order valence-electron chi connectivity index (χ2n) is 7.25. The fourth-order valence-electron chi connectivity index (χ4n) is 3.33. The predicted octanol–water partition coefficient (Wildman–Crippen LogP) is 3.03. The van der Waals surface area contributed by atoms with Crippen molar-refractivity contribution in [2.75, 3.05) is 0 Å². The van der Waals surface area contributed by atoms with E-state index in [2.05, 4.69) is 0 Å². The van der Waals surface area contributed by atoms with Crippen LogP contribution in [0.3, 0.4) is 0 Å². The molecular formula is C21H24FN3O4. The second kappa shape index (κ2) is 8.43. The maximum absolute atomic E-state index is 14.8. The molecule has 29 heavy (non-hydrogen) atoms. The molecule has 0 aliphatic carbocycles. The fraction of sp³-hybridized carbons (Fsp3) is 0.429. The SMILES string of the molecule is CCn1c(C(C)C)c(C)c(=O)n(-c2cc(C(=O)OC(C)C)c(C#N)cc2F)c1=O. The van der Waals surface area contributed by atoms with Crippen LogP contribution >= 0.6 is 0 Å². The highest BCUT2D eigenvalue weighted by Crippen LogP contribution is 2.21. The average molecular weight is 401 g/mol. The Morgan fingerprint density at radius 1 is 1.24 bits per heavy atom. The molecule has 0 amide bonds. The van der Waals surface area contributed by atoms with Crippen LogP contribution in [0.15, 0.2) is 21.7 Å². The van der Waals surface area contributed by atoms with Crippen molar-refractivity contribution >= 4 is 5.97 Å². The van der Waals surface area contributed by atoms with Crippen LogP contribution in [0.2, 0.25) is 0 Å². The number of hydrogen-bond acceptors (Lipinski definition) is 5. The maximum atomic E-state index is 14.8. The Morgan fingerprint density at radius 3 is 2.34 bits per heavy atom. The van der Waals surface area contributed by atoms with E-state index in [0.29, 0.717) is 15.8 Å². The molecule has 0 saturated carbocycles. The molecule has 0 bridgehead atoms. The lowest BCUT2D eigenvalue weighted by molar-refractivity contribution is 0.0377. The van der Waals surface area contributed by atoms with Gasteiger partial charge in [0.2, 0.25) is 0 Å². The highest BCUT2D eigenvalue weighted by molar-refractivity contribution is 5.93. The maximum Gasteiger partial charge on any atom is 0.339 e. The van der Waals surface area contributed by atoms with Crippen molar-refractivity contribution in [2.45, 2.75) is 60.1 Å². The van der Waals surface area contributed by atoms with Gasteiger partial charge in [-0.25, -0.2) is 18.5 Å². The van der Waals surface area contributed by atoms with Gasteiger partial charge >= 0.3 is 11.7 Å². The Kier molecular flexibility index (Phi) is 6.42. The minimum Gasteiger partial charge on any atom is -0.459 e. The number of nitrogens with zero attached hydrogens (tertiary/aromatic N) is 3. The minimum atomic E-state index is -0.957. The first-order valence-electron chi connectivity index (χ1n) is 9.36. The summed E-state index contributed by atoms with van der Waals surface area (Å²) in [6.45, 7) is 10.6. The zero-order valence-corrected chi connectivity index (χ0v) is 17.4. The third kappa shape index (κ3) is 3.99. The van der Waals surface area contributed by atoms with Gasteiger partial charge in [0.25, 0.3) is 5.56 Å². The molecule has 1 heterocycles. The summed E-state index contributed by atoms with van der Waals surface area (Å²) in [5.41, 5.74) is -1.33. The third-order valence-corrected chi connectivity index (χ3v) is 4.50. The molecule has 1 aromatic carbocycles. The van der Waals surface area contributed by atoms with Gasteiger partial charge in [-0.05, 0) is 45.7 Å². The van der Waals surface area contributed by atoms with Crippen LogP contribution in [0.25, 0.3) is 5.69 Å². The molecule has 2 rings (SSSR count). The molecular weight excluding hydrogens is 377 g/mol. The van der Waals surface area contributed by atoms with E-state index in [1.807, 2.05) is 13.8 Å². The standard InChI is InChI=1S/C21H24FN3O4/c1-7-24-18(11(2)3)13(6)19(26)25(21(24)28)17-9-15(20(27)29-12(4)5)14(10-23)8-16(17)22/h8-9,11-12H,7H2,1-6H3. The fourth-order valence-corrected chi connectivity index (χ4v) is 3.33. The van der Waals surface area contributed by atoms with E-state index in [0.717, 1.165) is 12.1 Å². The van der Waals surface area contributed by atoms with E-state index in [-0.39, 0.29) is 23.6 Å². The molecule has 154 valence electrons. The zero-order chi connectivity index (χ0) is 22.0. The molecule has 0 aliphatic heterocycles. The van der Waals surface area contributed by atoms with Crippen LogP contribution in [-0.4, -0.2) is 21.2 Å². The summed E-state index contributed by atoms with van der Waals surface area (Å²) in [7, 11) is 0. The van der Waals surface area contributed by atoms with Gasteiger partial charge in [0.05, 0.1) is 22.9 Å². The molecule has 1 aromatic heterocycles. The summed E-state index contributed by atoms with van der Waals surface area (Å²) >= 11 is 0. The van der Waals surface area contributed by atoms with Gasteiger partial charge in [0.15, 0.2) is 0 Å². The van der Waals surface area contributed by atoms with Crippen molar-refractivity contribution in [1.82, 2.24) is 9.13 Å². The van der Waals surface area contributed by atoms with Crippen molar-refractivity contribution in [2.24, 2.45) is 0 Å². The lowest BCUT2D eigenvalue weighted by Crippen LogP contribution is -2.42. The zero-order valence-electron chi connectivity index (χ0n) is 17.4. The van der Waals surface area contributed by atoms with Crippen LogP contribution in [0, 0.1) is 24.1 Å². The van der Waals surface area contributed by atoms with Gasteiger partial charge in [-0.15, -0.1) is 0 Å². The molecule has 2 aromatic rings. The van der Waals surface area contributed by atoms with E-state index < -0.39 is 34.8 Å². The van der Waals surface area contributed by atoms with Gasteiger partial charge < -0.3 is 4.74 Å². The molecule has 0 aliphatic rings. The summed E-state index contributed by atoms with van der Waals surface area (Å²) in [5.74, 6) is -1.88. The first-order chi connectivity index (χ1) is 13.5. The Bertz CT molecular complexity index is 1120. The number of aromatic nitrogens is 2. The van der Waals surface area contributed by atoms with E-state index in [1.165, 1.54) is 4.57 Å². The van der Waals surface area contributed by atoms with Crippen LogP contribution in [0.5, 0.6) is 0 Å². The highest BCUT2D eigenvalue weighted by atomic mass is 19.1. The Hall–Kier alpha value is -3.21. The van der Waals surface area contributed by atoms with Crippen molar-refractivity contribution in [1.29, 1.82) is 5.26 Å². The topological polar surface area (TPSA) is 94.1 Å². The second-order valence-corrected chi connectivity index (χ2v) is 7.25. The van der Waals surface area contributed by atoms with Gasteiger partial charge in [0.1, 0.15) is 11.9 Å². The van der Waals surface area contributed by atoms with Crippen LogP contribution < -0.4 is 11.2 Å². The molecule has 7 nitrogen and oxygen atoms in total. The summed E-state index contributed by atoms with van der Waals surface area (Å²) in [5, 5.41) is 9.26. The molecule has 0 N–H and O–H groups in total. The summed E-state index contributed by atoms with van der Waals surface area (Å²) in [4.78, 5) is 38.4. The normalized spacial score (nSPS) is 11.0. The molecule has 0 fully saturated rings. The largest absolute Gasteiger partial charge is 0.459 e. The number of benzene rings is 1. The average Bonchev–Trinajstić information content (AvgIpc) is 2.64. The Balaban J connectivity index is 2.91. The van der Waals surface area contributed by atoms with Crippen molar-refractivity contribution in [3.05, 3.63) is 61.2 Å². The number of carbonyl (C=O) groups is 1. The quantitative estimate of drug-likeness (QED) is 0.718. The Labute approximate surface area is 168 Å². The molecule has 0 radical (unpaired) electrons. The molecule has 0 saturated heterocycles. The summed E-state index contributed by atoms with van der Waals surface area (Å²) in [6.07, 6.45) is -0.463. The smallest absolute Gasteiger partial charge is 0.339 e.